The fourth-order valence-electron chi connectivity index (χ4n) is 2.36. The van der Waals surface area contributed by atoms with Gasteiger partial charge in [0.2, 0.25) is 0 Å². The second-order valence-electron chi connectivity index (χ2n) is 6.22. The summed E-state index contributed by atoms with van der Waals surface area (Å²) in [5.74, 6) is -0.269. The second kappa shape index (κ2) is 7.65. The third kappa shape index (κ3) is 5.03. The van der Waals surface area contributed by atoms with Crippen LogP contribution in [0.4, 0.5) is 10.1 Å². The molecule has 134 valence electrons. The lowest BCUT2D eigenvalue weighted by Crippen LogP contribution is -2.30. The van der Waals surface area contributed by atoms with E-state index in [9.17, 15) is 17.6 Å². The lowest BCUT2D eigenvalue weighted by molar-refractivity contribution is 0.0779. The molecule has 0 heterocycles. The summed E-state index contributed by atoms with van der Waals surface area (Å²) in [6.07, 6.45) is 0. The molecule has 1 N–H and O–H groups in total. The molecule has 2 aromatic carbocycles. The molecule has 0 aliphatic carbocycles. The van der Waals surface area contributed by atoms with Crippen molar-refractivity contribution in [2.75, 3.05) is 18.3 Å². The lowest BCUT2D eigenvalue weighted by Gasteiger charge is -2.19. The average Bonchev–Trinajstić information content (AvgIpc) is 2.55. The Bertz CT molecular complexity index is 832. The third-order valence-electron chi connectivity index (χ3n) is 3.49. The number of carbonyl (C=O) groups is 1. The minimum Gasteiger partial charge on any atom is -0.341 e. The Morgan fingerprint density at radius 1 is 1.08 bits per heavy atom. The molecule has 0 aliphatic rings. The maximum Gasteiger partial charge on any atom is 0.261 e. The number of halogens is 1. The van der Waals surface area contributed by atoms with Gasteiger partial charge in [0.15, 0.2) is 0 Å². The van der Waals surface area contributed by atoms with Crippen molar-refractivity contribution in [1.29, 1.82) is 0 Å². The van der Waals surface area contributed by atoms with Crippen molar-refractivity contribution in [3.63, 3.8) is 0 Å². The van der Waals surface area contributed by atoms with Gasteiger partial charge in [-0.25, -0.2) is 12.8 Å². The number of sulfonamides is 1. The highest BCUT2D eigenvalue weighted by atomic mass is 32.2. The SMILES string of the molecule is CC(C)CN(C)C(=O)c1ccc(S(=O)(=O)Nc2ccc(F)cc2)cc1. The van der Waals surface area contributed by atoms with E-state index in [4.69, 9.17) is 0 Å². The number of benzene rings is 2. The second-order valence-corrected chi connectivity index (χ2v) is 7.90. The molecule has 2 aromatic rings. The van der Waals surface area contributed by atoms with Crippen LogP contribution in [-0.4, -0.2) is 32.8 Å². The van der Waals surface area contributed by atoms with Crippen molar-refractivity contribution >= 4 is 21.6 Å². The van der Waals surface area contributed by atoms with Gasteiger partial charge >= 0.3 is 0 Å². The highest BCUT2D eigenvalue weighted by Crippen LogP contribution is 2.17. The van der Waals surface area contributed by atoms with E-state index < -0.39 is 15.8 Å². The normalized spacial score (nSPS) is 11.4. The predicted molar refractivity (Wildman–Crippen MR) is 95.4 cm³/mol. The van der Waals surface area contributed by atoms with E-state index in [0.717, 1.165) is 0 Å². The molecular weight excluding hydrogens is 343 g/mol. The number of carbonyl (C=O) groups excluding carboxylic acids is 1. The topological polar surface area (TPSA) is 66.5 Å². The number of nitrogens with zero attached hydrogens (tertiary/aromatic N) is 1. The molecule has 0 aromatic heterocycles. The number of hydrogen-bond donors (Lipinski definition) is 1. The zero-order valence-electron chi connectivity index (χ0n) is 14.4. The van der Waals surface area contributed by atoms with E-state index in [0.29, 0.717) is 18.0 Å². The zero-order valence-corrected chi connectivity index (χ0v) is 15.2. The van der Waals surface area contributed by atoms with Crippen molar-refractivity contribution in [3.8, 4) is 0 Å². The zero-order chi connectivity index (χ0) is 18.6. The summed E-state index contributed by atoms with van der Waals surface area (Å²) in [6.45, 7) is 4.64. The third-order valence-corrected chi connectivity index (χ3v) is 4.89. The quantitative estimate of drug-likeness (QED) is 0.855. The standard InChI is InChI=1S/C18H21FN2O3S/c1-13(2)12-21(3)18(22)14-4-10-17(11-5-14)25(23,24)20-16-8-6-15(19)7-9-16/h4-11,13,20H,12H2,1-3H3. The van der Waals surface area contributed by atoms with Crippen LogP contribution in [0.2, 0.25) is 0 Å². The van der Waals surface area contributed by atoms with Gasteiger partial charge in [0, 0.05) is 24.8 Å². The largest absolute Gasteiger partial charge is 0.341 e. The number of rotatable bonds is 6. The van der Waals surface area contributed by atoms with Crippen LogP contribution in [0.1, 0.15) is 24.2 Å². The first kappa shape index (κ1) is 18.9. The summed E-state index contributed by atoms with van der Waals surface area (Å²) in [7, 11) is -2.09. The Hall–Kier alpha value is -2.41. The molecule has 0 radical (unpaired) electrons. The Morgan fingerprint density at radius 3 is 2.16 bits per heavy atom. The van der Waals surface area contributed by atoms with E-state index in [-0.39, 0.29) is 16.5 Å². The first-order valence-corrected chi connectivity index (χ1v) is 9.31. The highest BCUT2D eigenvalue weighted by molar-refractivity contribution is 7.92. The Labute approximate surface area is 147 Å². The molecule has 0 atom stereocenters. The Kier molecular flexibility index (Phi) is 5.79. The van der Waals surface area contributed by atoms with Crippen LogP contribution in [0.5, 0.6) is 0 Å². The summed E-state index contributed by atoms with van der Waals surface area (Å²) < 4.78 is 40.0. The molecule has 0 bridgehead atoms. The fourth-order valence-corrected chi connectivity index (χ4v) is 3.42. The van der Waals surface area contributed by atoms with Gasteiger partial charge in [-0.1, -0.05) is 13.8 Å². The average molecular weight is 364 g/mol. The van der Waals surface area contributed by atoms with Gasteiger partial charge in [0.1, 0.15) is 5.82 Å². The van der Waals surface area contributed by atoms with Crippen molar-refractivity contribution < 1.29 is 17.6 Å². The van der Waals surface area contributed by atoms with E-state index >= 15 is 0 Å². The van der Waals surface area contributed by atoms with Crippen molar-refractivity contribution in [2.45, 2.75) is 18.7 Å². The van der Waals surface area contributed by atoms with Crippen LogP contribution in [0.3, 0.4) is 0 Å². The summed E-state index contributed by atoms with van der Waals surface area (Å²) in [5.41, 5.74) is 0.683. The molecule has 2 rings (SSSR count). The summed E-state index contributed by atoms with van der Waals surface area (Å²) in [6, 6.07) is 10.7. The Morgan fingerprint density at radius 2 is 1.64 bits per heavy atom. The molecule has 7 heteroatoms. The van der Waals surface area contributed by atoms with E-state index in [1.54, 1.807) is 11.9 Å². The molecule has 5 nitrogen and oxygen atoms in total. The van der Waals surface area contributed by atoms with Crippen LogP contribution in [0, 0.1) is 11.7 Å². The van der Waals surface area contributed by atoms with Crippen LogP contribution in [0.25, 0.3) is 0 Å². The predicted octanol–water partition coefficient (Wildman–Crippen LogP) is 3.35. The lowest BCUT2D eigenvalue weighted by atomic mass is 10.1. The molecule has 0 unspecified atom stereocenters. The highest BCUT2D eigenvalue weighted by Gasteiger charge is 2.17. The van der Waals surface area contributed by atoms with Gasteiger partial charge < -0.3 is 4.90 Å². The fraction of sp³-hybridized carbons (Fsp3) is 0.278. The minimum absolute atomic E-state index is 0.0277. The van der Waals surface area contributed by atoms with Gasteiger partial charge in [-0.3, -0.25) is 9.52 Å². The molecule has 0 spiro atoms. The molecule has 0 fully saturated rings. The molecule has 0 saturated heterocycles. The van der Waals surface area contributed by atoms with Gasteiger partial charge in [0.25, 0.3) is 15.9 Å². The molecule has 1 amide bonds. The van der Waals surface area contributed by atoms with E-state index in [2.05, 4.69) is 4.72 Å². The van der Waals surface area contributed by atoms with Crippen LogP contribution < -0.4 is 4.72 Å². The number of amides is 1. The van der Waals surface area contributed by atoms with Crippen LogP contribution in [0.15, 0.2) is 53.4 Å². The van der Waals surface area contributed by atoms with E-state index in [1.165, 1.54) is 48.5 Å². The van der Waals surface area contributed by atoms with Gasteiger partial charge in [-0.15, -0.1) is 0 Å². The van der Waals surface area contributed by atoms with Crippen molar-refractivity contribution in [1.82, 2.24) is 4.90 Å². The number of hydrogen-bond acceptors (Lipinski definition) is 3. The van der Waals surface area contributed by atoms with Gasteiger partial charge in [0.05, 0.1) is 4.90 Å². The minimum atomic E-state index is -3.81. The molecular formula is C18H21FN2O3S. The summed E-state index contributed by atoms with van der Waals surface area (Å²) in [4.78, 5) is 13.9. The maximum absolute atomic E-state index is 12.9. The molecule has 25 heavy (non-hydrogen) atoms. The molecule has 0 saturated carbocycles. The summed E-state index contributed by atoms with van der Waals surface area (Å²) >= 11 is 0. The number of nitrogens with one attached hydrogen (secondary N) is 1. The maximum atomic E-state index is 12.9. The van der Waals surface area contributed by atoms with Crippen molar-refractivity contribution in [2.24, 2.45) is 5.92 Å². The first-order chi connectivity index (χ1) is 11.7. The van der Waals surface area contributed by atoms with Crippen LogP contribution >= 0.6 is 0 Å². The van der Waals surface area contributed by atoms with Crippen molar-refractivity contribution in [3.05, 3.63) is 59.9 Å². The van der Waals surface area contributed by atoms with Gasteiger partial charge in [-0.2, -0.15) is 0 Å². The monoisotopic (exact) mass is 364 g/mol. The smallest absolute Gasteiger partial charge is 0.261 e. The molecule has 0 aliphatic heterocycles. The van der Waals surface area contributed by atoms with Gasteiger partial charge in [-0.05, 0) is 54.4 Å². The van der Waals surface area contributed by atoms with E-state index in [1.807, 2.05) is 13.8 Å². The van der Waals surface area contributed by atoms with Crippen LogP contribution in [-0.2, 0) is 10.0 Å². The number of anilines is 1. The summed E-state index contributed by atoms with van der Waals surface area (Å²) in [5, 5.41) is 0. The Balaban J connectivity index is 2.15. The first-order valence-electron chi connectivity index (χ1n) is 7.83.